The highest BCUT2D eigenvalue weighted by molar-refractivity contribution is 7.98. The Morgan fingerprint density at radius 1 is 1.19 bits per heavy atom. The van der Waals surface area contributed by atoms with Gasteiger partial charge in [-0.1, -0.05) is 33.1 Å². The maximum Gasteiger partial charge on any atom is 0.257 e. The molecule has 0 atom stereocenters. The van der Waals surface area contributed by atoms with Crippen LogP contribution in [-0.4, -0.2) is 28.1 Å². The van der Waals surface area contributed by atoms with Crippen molar-refractivity contribution < 1.29 is 0 Å². The van der Waals surface area contributed by atoms with Crippen LogP contribution in [0.25, 0.3) is 11.3 Å². The molecule has 1 aliphatic heterocycles. The Bertz CT molecular complexity index is 818. The molecule has 140 valence electrons. The molecular weight excluding hydrogens is 344 g/mol. The molecule has 0 bridgehead atoms. The first kappa shape index (κ1) is 19.0. The van der Waals surface area contributed by atoms with Crippen LogP contribution in [0.5, 0.6) is 0 Å². The standard InChI is InChI=1S/C20H28N4OS/c1-4-6-7-8-12-24-14-22-18-15(20(24)25)13-26-19-17(18)16(9-10-21-19)23(3)11-5-2/h9-10,14H,4-8,11-13H2,1-3H3. The van der Waals surface area contributed by atoms with E-state index in [2.05, 4.69) is 30.8 Å². The highest BCUT2D eigenvalue weighted by Gasteiger charge is 2.26. The number of pyridine rings is 1. The van der Waals surface area contributed by atoms with E-state index in [1.807, 2.05) is 12.3 Å². The highest BCUT2D eigenvalue weighted by atomic mass is 32.2. The van der Waals surface area contributed by atoms with Gasteiger partial charge in [-0.25, -0.2) is 9.97 Å². The quantitative estimate of drug-likeness (QED) is 0.645. The highest BCUT2D eigenvalue weighted by Crippen LogP contribution is 2.42. The molecule has 0 aliphatic carbocycles. The molecule has 0 saturated carbocycles. The van der Waals surface area contributed by atoms with Gasteiger partial charge in [0.05, 0.1) is 28.8 Å². The summed E-state index contributed by atoms with van der Waals surface area (Å²) >= 11 is 1.64. The SMILES string of the molecule is CCCCCCn1cnc2c(c1=O)CSc1nccc(N(C)CCC)c1-2. The predicted octanol–water partition coefficient (Wildman–Crippen LogP) is 4.34. The number of hydrogen-bond donors (Lipinski definition) is 0. The van der Waals surface area contributed by atoms with Crippen LogP contribution in [0, 0.1) is 0 Å². The fourth-order valence-corrected chi connectivity index (χ4v) is 4.45. The Kier molecular flexibility index (Phi) is 6.35. The minimum Gasteiger partial charge on any atom is -0.374 e. The molecule has 6 heteroatoms. The maximum absolute atomic E-state index is 13.0. The van der Waals surface area contributed by atoms with E-state index in [1.54, 1.807) is 22.7 Å². The monoisotopic (exact) mass is 372 g/mol. The van der Waals surface area contributed by atoms with E-state index < -0.39 is 0 Å². The molecule has 3 rings (SSSR count). The molecule has 0 unspecified atom stereocenters. The Balaban J connectivity index is 1.97. The van der Waals surface area contributed by atoms with Crippen LogP contribution in [-0.2, 0) is 12.3 Å². The molecular formula is C20H28N4OS. The summed E-state index contributed by atoms with van der Waals surface area (Å²) in [4.78, 5) is 24.4. The summed E-state index contributed by atoms with van der Waals surface area (Å²) in [5, 5.41) is 0.977. The third-order valence-corrected chi connectivity index (χ3v) is 5.85. The molecule has 0 spiro atoms. The summed E-state index contributed by atoms with van der Waals surface area (Å²) in [6.45, 7) is 6.09. The van der Waals surface area contributed by atoms with Crippen molar-refractivity contribution in [2.75, 3.05) is 18.5 Å². The lowest BCUT2D eigenvalue weighted by Crippen LogP contribution is -2.27. The molecule has 2 aromatic heterocycles. The van der Waals surface area contributed by atoms with Crippen LogP contribution in [0.3, 0.4) is 0 Å². The molecule has 0 N–H and O–H groups in total. The number of nitrogens with zero attached hydrogens (tertiary/aromatic N) is 4. The van der Waals surface area contributed by atoms with E-state index in [1.165, 1.54) is 12.8 Å². The van der Waals surface area contributed by atoms with Gasteiger partial charge in [0, 0.05) is 32.1 Å². The first-order valence-electron chi connectivity index (χ1n) is 9.59. The lowest BCUT2D eigenvalue weighted by molar-refractivity contribution is 0.562. The fraction of sp³-hybridized carbons (Fsp3) is 0.550. The number of anilines is 1. The molecule has 0 radical (unpaired) electrons. The van der Waals surface area contributed by atoms with E-state index >= 15 is 0 Å². The van der Waals surface area contributed by atoms with Crippen LogP contribution in [0.1, 0.15) is 51.5 Å². The topological polar surface area (TPSA) is 51.0 Å². The Morgan fingerprint density at radius 2 is 2.04 bits per heavy atom. The molecule has 0 saturated heterocycles. The van der Waals surface area contributed by atoms with E-state index in [0.717, 1.165) is 59.9 Å². The first-order chi connectivity index (χ1) is 12.7. The smallest absolute Gasteiger partial charge is 0.257 e. The van der Waals surface area contributed by atoms with Gasteiger partial charge in [-0.3, -0.25) is 9.36 Å². The minimum absolute atomic E-state index is 0.109. The van der Waals surface area contributed by atoms with Gasteiger partial charge in [-0.15, -0.1) is 11.8 Å². The van der Waals surface area contributed by atoms with Gasteiger partial charge in [0.1, 0.15) is 5.03 Å². The van der Waals surface area contributed by atoms with Crippen molar-refractivity contribution in [1.29, 1.82) is 0 Å². The van der Waals surface area contributed by atoms with E-state index in [-0.39, 0.29) is 5.56 Å². The minimum atomic E-state index is 0.109. The van der Waals surface area contributed by atoms with Gasteiger partial charge in [-0.05, 0) is 18.9 Å². The van der Waals surface area contributed by atoms with Gasteiger partial charge in [0.15, 0.2) is 0 Å². The van der Waals surface area contributed by atoms with Crippen molar-refractivity contribution in [3.8, 4) is 11.3 Å². The maximum atomic E-state index is 13.0. The number of hydrogen-bond acceptors (Lipinski definition) is 5. The molecule has 2 aromatic rings. The van der Waals surface area contributed by atoms with E-state index in [4.69, 9.17) is 4.98 Å². The largest absolute Gasteiger partial charge is 0.374 e. The van der Waals surface area contributed by atoms with Crippen LogP contribution >= 0.6 is 11.8 Å². The third-order valence-electron chi connectivity index (χ3n) is 4.84. The number of aromatic nitrogens is 3. The number of fused-ring (bicyclic) bond motifs is 3. The van der Waals surface area contributed by atoms with Crippen molar-refractivity contribution in [2.45, 2.75) is 63.3 Å². The third kappa shape index (κ3) is 3.80. The molecule has 5 nitrogen and oxygen atoms in total. The fourth-order valence-electron chi connectivity index (χ4n) is 3.43. The normalized spacial score (nSPS) is 12.6. The lowest BCUT2D eigenvalue weighted by atomic mass is 10.1. The zero-order valence-corrected chi connectivity index (χ0v) is 16.8. The van der Waals surface area contributed by atoms with Gasteiger partial charge >= 0.3 is 0 Å². The molecule has 1 aliphatic rings. The average molecular weight is 373 g/mol. The number of thioether (sulfide) groups is 1. The number of aryl methyl sites for hydroxylation is 1. The summed E-state index contributed by atoms with van der Waals surface area (Å²) in [6.07, 6.45) is 9.26. The van der Waals surface area contributed by atoms with Crippen LogP contribution < -0.4 is 10.5 Å². The summed E-state index contributed by atoms with van der Waals surface area (Å²) < 4.78 is 1.78. The van der Waals surface area contributed by atoms with Crippen LogP contribution in [0.4, 0.5) is 5.69 Å². The Hall–Kier alpha value is -1.82. The van der Waals surface area contributed by atoms with Crippen molar-refractivity contribution in [1.82, 2.24) is 14.5 Å². The first-order valence-corrected chi connectivity index (χ1v) is 10.6. The lowest BCUT2D eigenvalue weighted by Gasteiger charge is -2.26. The van der Waals surface area contributed by atoms with Gasteiger partial charge < -0.3 is 4.90 Å². The molecule has 0 amide bonds. The van der Waals surface area contributed by atoms with Crippen molar-refractivity contribution in [3.63, 3.8) is 0 Å². The predicted molar refractivity (Wildman–Crippen MR) is 109 cm³/mol. The van der Waals surface area contributed by atoms with Crippen LogP contribution in [0.2, 0.25) is 0 Å². The number of rotatable bonds is 8. The molecule has 26 heavy (non-hydrogen) atoms. The Labute approximate surface area is 159 Å². The Morgan fingerprint density at radius 3 is 2.81 bits per heavy atom. The summed E-state index contributed by atoms with van der Waals surface area (Å²) in [6, 6.07) is 2.03. The second-order valence-corrected chi connectivity index (χ2v) is 7.82. The summed E-state index contributed by atoms with van der Waals surface area (Å²) in [7, 11) is 2.09. The van der Waals surface area contributed by atoms with Gasteiger partial charge in [0.25, 0.3) is 5.56 Å². The molecule has 0 aromatic carbocycles. The van der Waals surface area contributed by atoms with Crippen molar-refractivity contribution >= 4 is 17.4 Å². The van der Waals surface area contributed by atoms with Crippen molar-refractivity contribution in [2.24, 2.45) is 0 Å². The van der Waals surface area contributed by atoms with Gasteiger partial charge in [0.2, 0.25) is 0 Å². The molecule has 3 heterocycles. The van der Waals surface area contributed by atoms with Crippen LogP contribution in [0.15, 0.2) is 28.4 Å². The number of unbranched alkanes of at least 4 members (excludes halogenated alkanes) is 3. The summed E-state index contributed by atoms with van der Waals surface area (Å²) in [5.41, 5.74) is 3.87. The van der Waals surface area contributed by atoms with Gasteiger partial charge in [-0.2, -0.15) is 0 Å². The average Bonchev–Trinajstić information content (AvgIpc) is 2.66. The van der Waals surface area contributed by atoms with Crippen molar-refractivity contribution in [3.05, 3.63) is 34.5 Å². The molecule has 0 fully saturated rings. The zero-order chi connectivity index (χ0) is 18.5. The summed E-state index contributed by atoms with van der Waals surface area (Å²) in [5.74, 6) is 0.651. The second-order valence-electron chi connectivity index (χ2n) is 6.85. The van der Waals surface area contributed by atoms with E-state index in [0.29, 0.717) is 5.75 Å². The second kappa shape index (κ2) is 8.71. The van der Waals surface area contributed by atoms with E-state index in [9.17, 15) is 4.79 Å². The zero-order valence-electron chi connectivity index (χ0n) is 16.0.